The maximum atomic E-state index is 12.3. The van der Waals surface area contributed by atoms with E-state index in [0.29, 0.717) is 5.56 Å². The molecule has 1 aromatic carbocycles. The summed E-state index contributed by atoms with van der Waals surface area (Å²) in [6.07, 6.45) is 0. The fourth-order valence-corrected chi connectivity index (χ4v) is 2.26. The zero-order valence-corrected chi connectivity index (χ0v) is 13.6. The van der Waals surface area contributed by atoms with Gasteiger partial charge in [0.25, 0.3) is 5.91 Å². The summed E-state index contributed by atoms with van der Waals surface area (Å²) in [5.74, 6) is -0.102. The summed E-state index contributed by atoms with van der Waals surface area (Å²) in [5, 5.41) is 7.26. The van der Waals surface area contributed by atoms with Crippen molar-refractivity contribution in [1.29, 1.82) is 0 Å². The smallest absolute Gasteiger partial charge is 0.255 e. The molecule has 4 heteroatoms. The molecule has 112 valence electrons. The molecule has 0 saturated carbocycles. The van der Waals surface area contributed by atoms with Crippen molar-refractivity contribution in [3.63, 3.8) is 0 Å². The fraction of sp³-hybridized carbons (Fsp3) is 0.412. The minimum atomic E-state index is -0.102. The molecule has 0 aliphatic carbocycles. The number of nitrogens with one attached hydrogen (secondary N) is 1. The van der Waals surface area contributed by atoms with Gasteiger partial charge in [-0.05, 0) is 37.0 Å². The highest BCUT2D eigenvalue weighted by molar-refractivity contribution is 6.04. The summed E-state index contributed by atoms with van der Waals surface area (Å²) in [5.41, 5.74) is 4.54. The number of hydrogen-bond acceptors (Lipinski definition) is 2. The molecular weight excluding hydrogens is 262 g/mol. The summed E-state index contributed by atoms with van der Waals surface area (Å²) < 4.78 is 1.77. The van der Waals surface area contributed by atoms with Gasteiger partial charge in [0.1, 0.15) is 0 Å². The first-order chi connectivity index (χ1) is 9.70. The quantitative estimate of drug-likeness (QED) is 0.916. The van der Waals surface area contributed by atoms with Gasteiger partial charge in [0.15, 0.2) is 0 Å². The molecule has 4 nitrogen and oxygen atoms in total. The molecule has 0 bridgehead atoms. The number of benzene rings is 1. The number of hydrogen-bond donors (Lipinski definition) is 1. The molecule has 2 rings (SSSR count). The molecule has 2 aromatic rings. The van der Waals surface area contributed by atoms with Crippen LogP contribution in [0.1, 0.15) is 48.1 Å². The van der Waals surface area contributed by atoms with Crippen LogP contribution in [-0.2, 0) is 12.5 Å². The molecule has 21 heavy (non-hydrogen) atoms. The van der Waals surface area contributed by atoms with E-state index in [0.717, 1.165) is 17.1 Å². The third-order valence-corrected chi connectivity index (χ3v) is 3.76. The van der Waals surface area contributed by atoms with E-state index in [4.69, 9.17) is 0 Å². The van der Waals surface area contributed by atoms with Crippen molar-refractivity contribution in [1.82, 2.24) is 9.78 Å². The Hall–Kier alpha value is -2.10. The highest BCUT2D eigenvalue weighted by Gasteiger charge is 2.16. The Kier molecular flexibility index (Phi) is 3.90. The second-order valence-electron chi connectivity index (χ2n) is 6.45. The van der Waals surface area contributed by atoms with Crippen molar-refractivity contribution >= 4 is 11.6 Å². The van der Waals surface area contributed by atoms with Gasteiger partial charge in [-0.15, -0.1) is 0 Å². The van der Waals surface area contributed by atoms with Gasteiger partial charge in [-0.2, -0.15) is 5.10 Å². The number of aromatic nitrogens is 2. The molecule has 1 heterocycles. The second kappa shape index (κ2) is 5.35. The molecule has 0 saturated heterocycles. The normalized spacial score (nSPS) is 11.5. The Balaban J connectivity index is 2.21. The fourth-order valence-electron chi connectivity index (χ4n) is 2.26. The Morgan fingerprint density at radius 3 is 2.14 bits per heavy atom. The van der Waals surface area contributed by atoms with Crippen LogP contribution >= 0.6 is 0 Å². The van der Waals surface area contributed by atoms with E-state index in [2.05, 4.69) is 31.2 Å². The molecule has 0 radical (unpaired) electrons. The largest absolute Gasteiger partial charge is 0.319 e. The topological polar surface area (TPSA) is 46.9 Å². The third kappa shape index (κ3) is 3.15. The molecule has 0 spiro atoms. The van der Waals surface area contributed by atoms with Crippen LogP contribution < -0.4 is 5.32 Å². The van der Waals surface area contributed by atoms with Crippen LogP contribution in [0.4, 0.5) is 5.69 Å². The summed E-state index contributed by atoms with van der Waals surface area (Å²) in [4.78, 5) is 12.3. The average Bonchev–Trinajstić information content (AvgIpc) is 2.64. The molecule has 0 unspecified atom stereocenters. The van der Waals surface area contributed by atoms with Crippen molar-refractivity contribution in [3.8, 4) is 0 Å². The molecule has 1 aromatic heterocycles. The number of amides is 1. The molecule has 0 aliphatic rings. The van der Waals surface area contributed by atoms with Crippen molar-refractivity contribution in [2.24, 2.45) is 7.05 Å². The lowest BCUT2D eigenvalue weighted by Gasteiger charge is -2.19. The number of aryl methyl sites for hydroxylation is 2. The lowest BCUT2D eigenvalue weighted by Crippen LogP contribution is -2.15. The number of rotatable bonds is 2. The zero-order chi connectivity index (χ0) is 15.8. The van der Waals surface area contributed by atoms with Gasteiger partial charge in [0.05, 0.1) is 17.1 Å². The number of carbonyl (C=O) groups excluding carboxylic acids is 1. The highest BCUT2D eigenvalue weighted by Crippen LogP contribution is 2.23. The monoisotopic (exact) mass is 285 g/mol. The van der Waals surface area contributed by atoms with E-state index in [1.807, 2.05) is 45.2 Å². The zero-order valence-electron chi connectivity index (χ0n) is 13.6. The maximum absolute atomic E-state index is 12.3. The van der Waals surface area contributed by atoms with Crippen molar-refractivity contribution in [2.45, 2.75) is 40.0 Å². The first-order valence-corrected chi connectivity index (χ1v) is 7.12. The van der Waals surface area contributed by atoms with E-state index >= 15 is 0 Å². The summed E-state index contributed by atoms with van der Waals surface area (Å²) >= 11 is 0. The van der Waals surface area contributed by atoms with Gasteiger partial charge < -0.3 is 5.32 Å². The number of anilines is 1. The third-order valence-electron chi connectivity index (χ3n) is 3.76. The molecule has 0 fully saturated rings. The van der Waals surface area contributed by atoms with Gasteiger partial charge in [0, 0.05) is 12.6 Å². The Morgan fingerprint density at radius 2 is 1.71 bits per heavy atom. The van der Waals surface area contributed by atoms with Crippen LogP contribution in [0.15, 0.2) is 24.3 Å². The van der Waals surface area contributed by atoms with Crippen LogP contribution in [0.25, 0.3) is 0 Å². The average molecular weight is 285 g/mol. The highest BCUT2D eigenvalue weighted by atomic mass is 16.1. The summed E-state index contributed by atoms with van der Waals surface area (Å²) in [7, 11) is 1.87. The van der Waals surface area contributed by atoms with Gasteiger partial charge in [0.2, 0.25) is 0 Å². The Labute approximate surface area is 126 Å². The SMILES string of the molecule is Cc1nn(C)c(C)c1NC(=O)c1ccc(C(C)(C)C)cc1. The molecule has 0 aliphatic heterocycles. The predicted molar refractivity (Wildman–Crippen MR) is 85.8 cm³/mol. The van der Waals surface area contributed by atoms with Crippen LogP contribution in [0.5, 0.6) is 0 Å². The molecule has 1 N–H and O–H groups in total. The minimum absolute atomic E-state index is 0.0888. The lowest BCUT2D eigenvalue weighted by atomic mass is 9.87. The summed E-state index contributed by atoms with van der Waals surface area (Å²) in [6, 6.07) is 7.77. The first kappa shape index (κ1) is 15.3. The number of carbonyl (C=O) groups is 1. The summed E-state index contributed by atoms with van der Waals surface area (Å²) in [6.45, 7) is 10.3. The van der Waals surface area contributed by atoms with Crippen LogP contribution in [0.3, 0.4) is 0 Å². The predicted octanol–water partition coefficient (Wildman–Crippen LogP) is 3.59. The Bertz CT molecular complexity index is 661. The Morgan fingerprint density at radius 1 is 1.14 bits per heavy atom. The lowest BCUT2D eigenvalue weighted by molar-refractivity contribution is 0.102. The van der Waals surface area contributed by atoms with Crippen LogP contribution in [-0.4, -0.2) is 15.7 Å². The van der Waals surface area contributed by atoms with E-state index in [-0.39, 0.29) is 11.3 Å². The van der Waals surface area contributed by atoms with Gasteiger partial charge in [-0.25, -0.2) is 0 Å². The van der Waals surface area contributed by atoms with E-state index in [9.17, 15) is 4.79 Å². The molecule has 0 atom stereocenters. The first-order valence-electron chi connectivity index (χ1n) is 7.12. The van der Waals surface area contributed by atoms with Gasteiger partial charge in [-0.3, -0.25) is 9.48 Å². The van der Waals surface area contributed by atoms with E-state index in [1.54, 1.807) is 4.68 Å². The van der Waals surface area contributed by atoms with E-state index < -0.39 is 0 Å². The standard InChI is InChI=1S/C17H23N3O/c1-11-15(12(2)20(6)19-11)18-16(21)13-7-9-14(10-8-13)17(3,4)5/h7-10H,1-6H3,(H,18,21). The van der Waals surface area contributed by atoms with Crippen LogP contribution in [0, 0.1) is 13.8 Å². The molecule has 1 amide bonds. The van der Waals surface area contributed by atoms with Crippen molar-refractivity contribution in [2.75, 3.05) is 5.32 Å². The second-order valence-corrected chi connectivity index (χ2v) is 6.45. The molecular formula is C17H23N3O. The van der Waals surface area contributed by atoms with Gasteiger partial charge >= 0.3 is 0 Å². The van der Waals surface area contributed by atoms with Gasteiger partial charge in [-0.1, -0.05) is 32.9 Å². The maximum Gasteiger partial charge on any atom is 0.255 e. The van der Waals surface area contributed by atoms with Crippen molar-refractivity contribution in [3.05, 3.63) is 46.8 Å². The minimum Gasteiger partial charge on any atom is -0.319 e. The number of nitrogens with zero attached hydrogens (tertiary/aromatic N) is 2. The van der Waals surface area contributed by atoms with E-state index in [1.165, 1.54) is 5.56 Å². The van der Waals surface area contributed by atoms with Crippen LogP contribution in [0.2, 0.25) is 0 Å². The van der Waals surface area contributed by atoms with Crippen molar-refractivity contribution < 1.29 is 4.79 Å².